The molecule has 4 fully saturated rings. The van der Waals surface area contributed by atoms with Crippen LogP contribution in [0.3, 0.4) is 0 Å². The van der Waals surface area contributed by atoms with Gasteiger partial charge < -0.3 is 29.6 Å². The van der Waals surface area contributed by atoms with E-state index in [2.05, 4.69) is 10.6 Å². The van der Waals surface area contributed by atoms with Gasteiger partial charge in [-0.3, -0.25) is 19.2 Å². The second-order valence-corrected chi connectivity index (χ2v) is 14.1. The minimum Gasteiger partial charge on any atom is -0.495 e. The standard InChI is InChI=1S/C34H40N2O8/c1-29(2)31(5)13-15-33(29,43-27(31)39)25(37)35-21-11-9-19(17-23(21)41-7)20-10-12-22(24(18-20)42-8)36-26(38)34-16-14-32(6,28(40)44-34)30(34,3)4/h9-12,17-18H,13-16H2,1-8H3,(H,35,37)(H,36,38)/t31-,32-,33-,34+/m1/s1. The van der Waals surface area contributed by atoms with Crippen LogP contribution in [0, 0.1) is 21.7 Å². The second-order valence-electron chi connectivity index (χ2n) is 14.1. The molecular weight excluding hydrogens is 564 g/mol. The number of amides is 2. The van der Waals surface area contributed by atoms with E-state index in [-0.39, 0.29) is 23.8 Å². The van der Waals surface area contributed by atoms with E-state index in [0.717, 1.165) is 11.1 Å². The molecule has 10 heteroatoms. The first kappa shape index (κ1) is 30.0. The first-order chi connectivity index (χ1) is 20.5. The number of ether oxygens (including phenoxy) is 4. The summed E-state index contributed by atoms with van der Waals surface area (Å²) in [5.41, 5.74) is -2.79. The zero-order valence-corrected chi connectivity index (χ0v) is 26.6. The van der Waals surface area contributed by atoms with Crippen LogP contribution in [0.5, 0.6) is 11.5 Å². The molecule has 0 spiro atoms. The van der Waals surface area contributed by atoms with Crippen LogP contribution in [0.15, 0.2) is 36.4 Å². The molecule has 0 aromatic heterocycles. The second kappa shape index (κ2) is 9.22. The molecule has 44 heavy (non-hydrogen) atoms. The monoisotopic (exact) mass is 604 g/mol. The Balaban J connectivity index is 1.24. The number of hydrogen-bond donors (Lipinski definition) is 2. The molecule has 2 heterocycles. The van der Waals surface area contributed by atoms with E-state index >= 15 is 0 Å². The van der Waals surface area contributed by atoms with Gasteiger partial charge in [0.15, 0.2) is 11.2 Å². The molecular formula is C34H40N2O8. The van der Waals surface area contributed by atoms with Crippen molar-refractivity contribution in [3.63, 3.8) is 0 Å². The number of esters is 2. The van der Waals surface area contributed by atoms with Gasteiger partial charge in [0, 0.05) is 10.8 Å². The van der Waals surface area contributed by atoms with Gasteiger partial charge in [-0.2, -0.15) is 0 Å². The quantitative estimate of drug-likeness (QED) is 0.397. The fourth-order valence-electron chi connectivity index (χ4n) is 7.89. The number of nitrogens with one attached hydrogen (secondary N) is 2. The van der Waals surface area contributed by atoms with Crippen molar-refractivity contribution in [2.24, 2.45) is 21.7 Å². The van der Waals surface area contributed by atoms with Crippen LogP contribution < -0.4 is 20.1 Å². The van der Waals surface area contributed by atoms with Gasteiger partial charge in [0.1, 0.15) is 11.5 Å². The smallest absolute Gasteiger partial charge is 0.313 e. The Morgan fingerprint density at radius 1 is 0.636 bits per heavy atom. The molecule has 2 saturated carbocycles. The summed E-state index contributed by atoms with van der Waals surface area (Å²) in [6, 6.07) is 10.8. The highest BCUT2D eigenvalue weighted by Crippen LogP contribution is 2.67. The fourth-order valence-corrected chi connectivity index (χ4v) is 7.89. The largest absolute Gasteiger partial charge is 0.495 e. The van der Waals surface area contributed by atoms with E-state index in [9.17, 15) is 19.2 Å². The highest BCUT2D eigenvalue weighted by atomic mass is 16.6. The van der Waals surface area contributed by atoms with Crippen LogP contribution >= 0.6 is 0 Å². The van der Waals surface area contributed by atoms with Gasteiger partial charge in [-0.1, -0.05) is 39.8 Å². The first-order valence-corrected chi connectivity index (χ1v) is 15.0. The van der Waals surface area contributed by atoms with Crippen molar-refractivity contribution in [1.82, 2.24) is 0 Å². The fraction of sp³-hybridized carbons (Fsp3) is 0.529. The SMILES string of the molecule is COc1cc(-c2ccc(NC(=O)[C@@]34CC[C@](C)(C(=O)O3)C4(C)C)c(OC)c2)ccc1NC(=O)[C@]12CC[C@](C)(C(=O)O1)C2(C)C. The van der Waals surface area contributed by atoms with Crippen molar-refractivity contribution in [1.29, 1.82) is 0 Å². The number of rotatable bonds is 7. The lowest BCUT2D eigenvalue weighted by Gasteiger charge is -2.35. The summed E-state index contributed by atoms with van der Waals surface area (Å²) in [5.74, 6) is -0.560. The Bertz CT molecular complexity index is 1510. The summed E-state index contributed by atoms with van der Waals surface area (Å²) in [4.78, 5) is 52.6. The molecule has 4 aliphatic rings. The minimum atomic E-state index is -1.25. The molecule has 2 amide bonds. The van der Waals surface area contributed by atoms with Crippen molar-refractivity contribution in [2.75, 3.05) is 24.9 Å². The van der Waals surface area contributed by atoms with Crippen molar-refractivity contribution in [3.8, 4) is 22.6 Å². The number of hydrogen-bond acceptors (Lipinski definition) is 8. The van der Waals surface area contributed by atoms with E-state index in [1.807, 2.05) is 53.7 Å². The molecule has 10 nitrogen and oxygen atoms in total. The lowest BCUT2D eigenvalue weighted by atomic mass is 9.66. The Morgan fingerprint density at radius 2 is 1.00 bits per heavy atom. The normalized spacial score (nSPS) is 32.2. The van der Waals surface area contributed by atoms with Gasteiger partial charge in [-0.15, -0.1) is 0 Å². The number of carbonyl (C=O) groups excluding carboxylic acids is 4. The Kier molecular flexibility index (Phi) is 6.28. The highest BCUT2D eigenvalue weighted by molar-refractivity contribution is 6.05. The number of carbonyl (C=O) groups is 4. The number of methoxy groups -OCH3 is 2. The third kappa shape index (κ3) is 3.48. The molecule has 2 aromatic carbocycles. The molecule has 2 N–H and O–H groups in total. The molecule has 234 valence electrons. The summed E-state index contributed by atoms with van der Waals surface area (Å²) >= 11 is 0. The first-order valence-electron chi connectivity index (χ1n) is 15.0. The minimum absolute atomic E-state index is 0.339. The molecule has 4 bridgehead atoms. The Labute approximate surface area is 257 Å². The molecule has 0 radical (unpaired) electrons. The molecule has 2 aliphatic carbocycles. The molecule has 0 unspecified atom stereocenters. The average molecular weight is 605 g/mol. The summed E-state index contributed by atoms with van der Waals surface area (Å²) in [5, 5.41) is 5.90. The van der Waals surface area contributed by atoms with Crippen molar-refractivity contribution in [2.45, 2.75) is 78.4 Å². The van der Waals surface area contributed by atoms with Gasteiger partial charge in [-0.05, 0) is 74.9 Å². The van der Waals surface area contributed by atoms with Gasteiger partial charge in [0.05, 0.1) is 36.4 Å². The number of benzene rings is 2. The van der Waals surface area contributed by atoms with Crippen LogP contribution in [0.1, 0.15) is 67.2 Å². The number of anilines is 2. The van der Waals surface area contributed by atoms with Crippen LogP contribution in [-0.4, -0.2) is 49.2 Å². The van der Waals surface area contributed by atoms with E-state index in [1.165, 1.54) is 14.2 Å². The molecule has 2 aromatic rings. The van der Waals surface area contributed by atoms with E-state index in [4.69, 9.17) is 18.9 Å². The Hall–Kier alpha value is -4.08. The maximum atomic E-state index is 13.6. The zero-order valence-electron chi connectivity index (χ0n) is 26.6. The number of fused-ring (bicyclic) bond motifs is 4. The third-order valence-corrected chi connectivity index (χ3v) is 12.1. The predicted octanol–water partition coefficient (Wildman–Crippen LogP) is 5.49. The van der Waals surface area contributed by atoms with Crippen LogP contribution in [0.4, 0.5) is 11.4 Å². The van der Waals surface area contributed by atoms with Crippen LogP contribution in [0.25, 0.3) is 11.1 Å². The molecule has 4 atom stereocenters. The van der Waals surface area contributed by atoms with Crippen molar-refractivity contribution in [3.05, 3.63) is 36.4 Å². The highest BCUT2D eigenvalue weighted by Gasteiger charge is 2.76. The van der Waals surface area contributed by atoms with Gasteiger partial charge in [0.25, 0.3) is 11.8 Å². The van der Waals surface area contributed by atoms with E-state index in [1.54, 1.807) is 24.3 Å². The lowest BCUT2D eigenvalue weighted by Crippen LogP contribution is -2.50. The van der Waals surface area contributed by atoms with Gasteiger partial charge >= 0.3 is 11.9 Å². The third-order valence-electron chi connectivity index (χ3n) is 12.1. The van der Waals surface area contributed by atoms with E-state index in [0.29, 0.717) is 48.6 Å². The maximum absolute atomic E-state index is 13.6. The molecule has 2 aliphatic heterocycles. The zero-order chi connectivity index (χ0) is 32.1. The summed E-state index contributed by atoms with van der Waals surface area (Å²) in [6.07, 6.45) is 2.09. The van der Waals surface area contributed by atoms with Crippen LogP contribution in [-0.2, 0) is 28.7 Å². The van der Waals surface area contributed by atoms with Gasteiger partial charge in [-0.25, -0.2) is 0 Å². The summed E-state index contributed by atoms with van der Waals surface area (Å²) < 4.78 is 22.8. The summed E-state index contributed by atoms with van der Waals surface area (Å²) in [7, 11) is 3.03. The molecule has 2 saturated heterocycles. The van der Waals surface area contributed by atoms with Gasteiger partial charge in [0.2, 0.25) is 0 Å². The maximum Gasteiger partial charge on any atom is 0.313 e. The lowest BCUT2D eigenvalue weighted by molar-refractivity contribution is -0.166. The average Bonchev–Trinajstić information content (AvgIpc) is 3.45. The van der Waals surface area contributed by atoms with Crippen molar-refractivity contribution < 1.29 is 38.1 Å². The van der Waals surface area contributed by atoms with Crippen LogP contribution in [0.2, 0.25) is 0 Å². The Morgan fingerprint density at radius 3 is 1.27 bits per heavy atom. The molecule has 6 rings (SSSR count). The summed E-state index contributed by atoms with van der Waals surface area (Å²) in [6.45, 7) is 11.4. The topological polar surface area (TPSA) is 129 Å². The van der Waals surface area contributed by atoms with Crippen molar-refractivity contribution >= 4 is 35.1 Å². The predicted molar refractivity (Wildman–Crippen MR) is 162 cm³/mol. The van der Waals surface area contributed by atoms with E-state index < -0.39 is 32.9 Å².